The summed E-state index contributed by atoms with van der Waals surface area (Å²) in [7, 11) is 0. The Bertz CT molecular complexity index is 76.5. The van der Waals surface area contributed by atoms with Crippen molar-refractivity contribution in [2.75, 3.05) is 0 Å². The lowest BCUT2D eigenvalue weighted by Gasteiger charge is -2.22. The van der Waals surface area contributed by atoms with Gasteiger partial charge in [0.1, 0.15) is 0 Å². The monoisotopic (exact) mass is 142 g/mol. The minimum atomic E-state index is 0.522. The van der Waals surface area contributed by atoms with Crippen LogP contribution in [0.3, 0.4) is 0 Å². The molecule has 1 atom stereocenters. The molecule has 0 radical (unpaired) electrons. The summed E-state index contributed by atoms with van der Waals surface area (Å²) in [4.78, 5) is 0. The molecule has 0 heteroatoms. The maximum absolute atomic E-state index is 2.36. The minimum absolute atomic E-state index is 0.522. The van der Waals surface area contributed by atoms with Crippen LogP contribution in [0.15, 0.2) is 0 Å². The summed E-state index contributed by atoms with van der Waals surface area (Å²) in [5.74, 6) is 0.907. The number of rotatable bonds is 3. The van der Waals surface area contributed by atoms with Crippen molar-refractivity contribution in [2.45, 2.75) is 53.9 Å². The van der Waals surface area contributed by atoms with Crippen molar-refractivity contribution in [3.05, 3.63) is 0 Å². The highest BCUT2D eigenvalue weighted by Crippen LogP contribution is 2.26. The van der Waals surface area contributed by atoms with Crippen LogP contribution in [0.1, 0.15) is 53.9 Å². The van der Waals surface area contributed by atoms with Crippen molar-refractivity contribution >= 4 is 0 Å². The SMILES string of the molecule is CCC[C@H](C)CC(C)(C)C. The molecule has 10 heavy (non-hydrogen) atoms. The Kier molecular flexibility index (Phi) is 4.00. The Morgan fingerprint density at radius 2 is 1.70 bits per heavy atom. The van der Waals surface area contributed by atoms with Gasteiger partial charge in [0, 0.05) is 0 Å². The number of hydrogen-bond acceptors (Lipinski definition) is 0. The molecule has 0 aromatic heterocycles. The molecule has 0 spiro atoms. The Labute approximate surface area is 66.0 Å². The third kappa shape index (κ3) is 6.12. The fourth-order valence-electron chi connectivity index (χ4n) is 1.64. The Hall–Kier alpha value is 0. The molecule has 0 saturated carbocycles. The van der Waals surface area contributed by atoms with Gasteiger partial charge in [0.2, 0.25) is 0 Å². The van der Waals surface area contributed by atoms with Crippen LogP contribution in [-0.4, -0.2) is 0 Å². The van der Waals surface area contributed by atoms with E-state index in [-0.39, 0.29) is 0 Å². The smallest absolute Gasteiger partial charge is 0.0380 e. The van der Waals surface area contributed by atoms with Crippen molar-refractivity contribution in [1.82, 2.24) is 0 Å². The van der Waals surface area contributed by atoms with E-state index in [1.807, 2.05) is 0 Å². The van der Waals surface area contributed by atoms with E-state index in [4.69, 9.17) is 0 Å². The fourth-order valence-corrected chi connectivity index (χ4v) is 1.64. The summed E-state index contributed by atoms with van der Waals surface area (Å²) >= 11 is 0. The molecule has 0 heterocycles. The topological polar surface area (TPSA) is 0 Å². The zero-order valence-electron chi connectivity index (χ0n) is 8.20. The van der Waals surface area contributed by atoms with E-state index in [2.05, 4.69) is 34.6 Å². The lowest BCUT2D eigenvalue weighted by Crippen LogP contribution is -2.10. The Morgan fingerprint density at radius 1 is 1.20 bits per heavy atom. The molecule has 0 aliphatic heterocycles. The molecule has 0 aromatic carbocycles. The van der Waals surface area contributed by atoms with Crippen LogP contribution in [0.5, 0.6) is 0 Å². The van der Waals surface area contributed by atoms with Gasteiger partial charge in [-0.2, -0.15) is 0 Å². The molecular formula is C10H22. The highest BCUT2D eigenvalue weighted by molar-refractivity contribution is 4.65. The van der Waals surface area contributed by atoms with E-state index in [9.17, 15) is 0 Å². The summed E-state index contributed by atoms with van der Waals surface area (Å²) in [6.07, 6.45) is 4.08. The lowest BCUT2D eigenvalue weighted by molar-refractivity contribution is 0.295. The van der Waals surface area contributed by atoms with Gasteiger partial charge in [-0.05, 0) is 17.8 Å². The van der Waals surface area contributed by atoms with Crippen LogP contribution in [0.2, 0.25) is 0 Å². The van der Waals surface area contributed by atoms with Gasteiger partial charge in [-0.3, -0.25) is 0 Å². The first-order valence-electron chi connectivity index (χ1n) is 4.45. The number of hydrogen-bond donors (Lipinski definition) is 0. The van der Waals surface area contributed by atoms with Crippen LogP contribution in [0, 0.1) is 11.3 Å². The van der Waals surface area contributed by atoms with E-state index in [1.165, 1.54) is 19.3 Å². The van der Waals surface area contributed by atoms with Crippen LogP contribution in [0.4, 0.5) is 0 Å². The van der Waals surface area contributed by atoms with E-state index < -0.39 is 0 Å². The molecule has 0 saturated heterocycles. The van der Waals surface area contributed by atoms with Gasteiger partial charge in [-0.15, -0.1) is 0 Å². The van der Waals surface area contributed by atoms with Crippen LogP contribution >= 0.6 is 0 Å². The van der Waals surface area contributed by atoms with Gasteiger partial charge in [-0.25, -0.2) is 0 Å². The van der Waals surface area contributed by atoms with Crippen LogP contribution < -0.4 is 0 Å². The van der Waals surface area contributed by atoms with Crippen LogP contribution in [-0.2, 0) is 0 Å². The third-order valence-electron chi connectivity index (χ3n) is 1.74. The molecule has 62 valence electrons. The van der Waals surface area contributed by atoms with Crippen molar-refractivity contribution in [3.8, 4) is 0 Å². The van der Waals surface area contributed by atoms with E-state index >= 15 is 0 Å². The largest absolute Gasteiger partial charge is 0.0654 e. The predicted molar refractivity (Wildman–Crippen MR) is 48.1 cm³/mol. The molecule has 0 N–H and O–H groups in total. The quantitative estimate of drug-likeness (QED) is 0.561. The second-order valence-corrected chi connectivity index (χ2v) is 4.66. The average molecular weight is 142 g/mol. The molecule has 0 rings (SSSR count). The van der Waals surface area contributed by atoms with Gasteiger partial charge < -0.3 is 0 Å². The first-order valence-corrected chi connectivity index (χ1v) is 4.45. The Balaban J connectivity index is 3.47. The standard InChI is InChI=1S/C10H22/c1-6-7-9(2)8-10(3,4)5/h9H,6-8H2,1-5H3/t9-/m0/s1. The molecule has 0 aromatic rings. The summed E-state index contributed by atoms with van der Waals surface area (Å²) in [6, 6.07) is 0. The van der Waals surface area contributed by atoms with E-state index in [1.54, 1.807) is 0 Å². The molecular weight excluding hydrogens is 120 g/mol. The molecule has 0 bridgehead atoms. The maximum Gasteiger partial charge on any atom is -0.0380 e. The average Bonchev–Trinajstić information content (AvgIpc) is 1.59. The van der Waals surface area contributed by atoms with Gasteiger partial charge in [0.05, 0.1) is 0 Å². The van der Waals surface area contributed by atoms with Gasteiger partial charge >= 0.3 is 0 Å². The minimum Gasteiger partial charge on any atom is -0.0654 e. The van der Waals surface area contributed by atoms with Crippen molar-refractivity contribution in [1.29, 1.82) is 0 Å². The first-order chi connectivity index (χ1) is 4.45. The lowest BCUT2D eigenvalue weighted by atomic mass is 9.84. The fraction of sp³-hybridized carbons (Fsp3) is 1.00. The normalized spacial score (nSPS) is 15.3. The second kappa shape index (κ2) is 4.00. The maximum atomic E-state index is 2.36. The molecule has 0 aliphatic carbocycles. The van der Waals surface area contributed by atoms with E-state index in [0.29, 0.717) is 5.41 Å². The molecule has 0 nitrogen and oxygen atoms in total. The first kappa shape index (κ1) is 10.0. The van der Waals surface area contributed by atoms with Crippen molar-refractivity contribution in [3.63, 3.8) is 0 Å². The zero-order chi connectivity index (χ0) is 8.20. The van der Waals surface area contributed by atoms with Gasteiger partial charge in [0.25, 0.3) is 0 Å². The van der Waals surface area contributed by atoms with E-state index in [0.717, 1.165) is 5.92 Å². The predicted octanol–water partition coefficient (Wildman–Crippen LogP) is 3.86. The molecule has 0 unspecified atom stereocenters. The highest BCUT2D eigenvalue weighted by atomic mass is 14.2. The summed E-state index contributed by atoms with van der Waals surface area (Å²) in [5.41, 5.74) is 0.522. The molecule has 0 fully saturated rings. The highest BCUT2D eigenvalue weighted by Gasteiger charge is 2.13. The Morgan fingerprint density at radius 3 is 2.00 bits per heavy atom. The molecule has 0 aliphatic rings. The summed E-state index contributed by atoms with van der Waals surface area (Å²) < 4.78 is 0. The van der Waals surface area contributed by atoms with Gasteiger partial charge in [0.15, 0.2) is 0 Å². The third-order valence-corrected chi connectivity index (χ3v) is 1.74. The van der Waals surface area contributed by atoms with Crippen molar-refractivity contribution in [2.24, 2.45) is 11.3 Å². The van der Waals surface area contributed by atoms with Gasteiger partial charge in [-0.1, -0.05) is 47.5 Å². The molecule has 0 amide bonds. The summed E-state index contributed by atoms with van der Waals surface area (Å²) in [6.45, 7) is 11.6. The second-order valence-electron chi connectivity index (χ2n) is 4.66. The van der Waals surface area contributed by atoms with Crippen LogP contribution in [0.25, 0.3) is 0 Å². The summed E-state index contributed by atoms with van der Waals surface area (Å²) in [5, 5.41) is 0. The van der Waals surface area contributed by atoms with Crippen molar-refractivity contribution < 1.29 is 0 Å². The zero-order valence-corrected chi connectivity index (χ0v) is 8.20.